The topological polar surface area (TPSA) is 37.0 Å². The molecule has 0 aliphatic carbocycles. The van der Waals surface area contributed by atoms with Gasteiger partial charge in [0.2, 0.25) is 0 Å². The summed E-state index contributed by atoms with van der Waals surface area (Å²) in [6.07, 6.45) is 1.95. The monoisotopic (exact) mass is 177 g/mol. The first-order valence-electron chi connectivity index (χ1n) is 4.75. The van der Waals surface area contributed by atoms with E-state index in [9.17, 15) is 0 Å². The van der Waals surface area contributed by atoms with E-state index < -0.39 is 0 Å². The number of hydrogen-bond donors (Lipinski definition) is 2. The predicted octanol–water partition coefficient (Wildman–Crippen LogP) is 2.04. The Morgan fingerprint density at radius 3 is 2.85 bits per heavy atom. The summed E-state index contributed by atoms with van der Waals surface area (Å²) in [5, 5.41) is 6.59. The molecule has 0 saturated heterocycles. The van der Waals surface area contributed by atoms with Crippen LogP contribution in [0.1, 0.15) is 25.3 Å². The molecule has 0 atom stereocenters. The third kappa shape index (κ3) is 1.59. The van der Waals surface area contributed by atoms with Gasteiger partial charge in [0.05, 0.1) is 5.69 Å². The Kier molecular flexibility index (Phi) is 2.08. The lowest BCUT2D eigenvalue weighted by Crippen LogP contribution is -2.21. The lowest BCUT2D eigenvalue weighted by atomic mass is 10.1. The highest BCUT2D eigenvalue weighted by molar-refractivity contribution is 5.67. The van der Waals surface area contributed by atoms with Crippen LogP contribution in [-0.4, -0.2) is 18.1 Å². The molecule has 1 aromatic heterocycles. The zero-order valence-electron chi connectivity index (χ0n) is 8.09. The molecule has 0 spiro atoms. The third-order valence-electron chi connectivity index (χ3n) is 2.31. The van der Waals surface area contributed by atoms with E-state index in [1.54, 1.807) is 0 Å². The number of rotatable bonds is 1. The third-order valence-corrected chi connectivity index (χ3v) is 2.31. The predicted molar refractivity (Wildman–Crippen MR) is 55.3 cm³/mol. The molecule has 1 aliphatic rings. The zero-order chi connectivity index (χ0) is 9.26. The van der Waals surface area contributed by atoms with Crippen LogP contribution >= 0.6 is 0 Å². The smallest absolute Gasteiger partial charge is 0.149 e. The Balaban J connectivity index is 2.35. The van der Waals surface area contributed by atoms with Gasteiger partial charge in [-0.1, -0.05) is 13.8 Å². The minimum Gasteiger partial charge on any atom is -0.380 e. The highest BCUT2D eigenvalue weighted by Gasteiger charge is 2.10. The van der Waals surface area contributed by atoms with Gasteiger partial charge in [-0.25, -0.2) is 4.98 Å². The zero-order valence-corrected chi connectivity index (χ0v) is 8.09. The van der Waals surface area contributed by atoms with Crippen LogP contribution in [0.5, 0.6) is 0 Å². The van der Waals surface area contributed by atoms with Gasteiger partial charge in [0, 0.05) is 19.3 Å². The Hall–Kier alpha value is -1.25. The Labute approximate surface area is 78.6 Å². The maximum Gasteiger partial charge on any atom is 0.149 e. The van der Waals surface area contributed by atoms with Crippen molar-refractivity contribution in [3.63, 3.8) is 0 Å². The second-order valence-corrected chi connectivity index (χ2v) is 3.67. The lowest BCUT2D eigenvalue weighted by molar-refractivity contribution is 0.855. The molecule has 13 heavy (non-hydrogen) atoms. The molecule has 0 fully saturated rings. The van der Waals surface area contributed by atoms with Gasteiger partial charge in [-0.3, -0.25) is 0 Å². The number of nitrogens with one attached hydrogen (secondary N) is 2. The van der Waals surface area contributed by atoms with Crippen LogP contribution in [-0.2, 0) is 0 Å². The molecule has 3 heteroatoms. The van der Waals surface area contributed by atoms with E-state index in [4.69, 9.17) is 0 Å². The largest absolute Gasteiger partial charge is 0.380 e. The number of aromatic nitrogens is 1. The second kappa shape index (κ2) is 3.24. The van der Waals surface area contributed by atoms with Gasteiger partial charge in [-0.05, 0) is 17.5 Å². The number of nitrogens with zero attached hydrogens (tertiary/aromatic N) is 1. The minimum atomic E-state index is 0.543. The highest BCUT2D eigenvalue weighted by atomic mass is 15.1. The fourth-order valence-corrected chi connectivity index (χ4v) is 1.45. The van der Waals surface area contributed by atoms with Crippen LogP contribution in [0.25, 0.3) is 0 Å². The van der Waals surface area contributed by atoms with Crippen LogP contribution in [0.2, 0.25) is 0 Å². The summed E-state index contributed by atoms with van der Waals surface area (Å²) in [4.78, 5) is 4.37. The van der Waals surface area contributed by atoms with Crippen LogP contribution in [0.4, 0.5) is 11.5 Å². The summed E-state index contributed by atoms with van der Waals surface area (Å²) in [5.41, 5.74) is 2.42. The van der Waals surface area contributed by atoms with Gasteiger partial charge in [0.25, 0.3) is 0 Å². The number of hydrogen-bond acceptors (Lipinski definition) is 3. The van der Waals surface area contributed by atoms with Crippen molar-refractivity contribution in [2.75, 3.05) is 23.7 Å². The van der Waals surface area contributed by atoms with E-state index in [2.05, 4.69) is 35.5 Å². The van der Waals surface area contributed by atoms with Crippen LogP contribution < -0.4 is 10.6 Å². The molecule has 2 N–H and O–H groups in total. The molecule has 3 nitrogen and oxygen atoms in total. The van der Waals surface area contributed by atoms with E-state index in [1.165, 1.54) is 5.56 Å². The van der Waals surface area contributed by atoms with Gasteiger partial charge in [-0.2, -0.15) is 0 Å². The van der Waals surface area contributed by atoms with Gasteiger partial charge in [-0.15, -0.1) is 0 Å². The molecule has 0 radical (unpaired) electrons. The van der Waals surface area contributed by atoms with Crippen LogP contribution in [0.3, 0.4) is 0 Å². The normalized spacial score (nSPS) is 14.7. The van der Waals surface area contributed by atoms with Crippen molar-refractivity contribution in [1.29, 1.82) is 0 Å². The first-order chi connectivity index (χ1) is 6.27. The van der Waals surface area contributed by atoms with Gasteiger partial charge >= 0.3 is 0 Å². The highest BCUT2D eigenvalue weighted by Crippen LogP contribution is 2.25. The van der Waals surface area contributed by atoms with Crippen molar-refractivity contribution in [3.05, 3.63) is 17.8 Å². The van der Waals surface area contributed by atoms with E-state index in [0.29, 0.717) is 5.92 Å². The summed E-state index contributed by atoms with van der Waals surface area (Å²) in [6, 6.07) is 2.18. The number of pyridine rings is 1. The molecule has 0 aromatic carbocycles. The molecule has 2 heterocycles. The minimum absolute atomic E-state index is 0.543. The van der Waals surface area contributed by atoms with Crippen molar-refractivity contribution >= 4 is 11.5 Å². The summed E-state index contributed by atoms with van der Waals surface area (Å²) < 4.78 is 0. The first kappa shape index (κ1) is 8.35. The van der Waals surface area contributed by atoms with E-state index in [1.807, 2.05) is 6.20 Å². The van der Waals surface area contributed by atoms with E-state index >= 15 is 0 Å². The van der Waals surface area contributed by atoms with Gasteiger partial charge < -0.3 is 10.6 Å². The van der Waals surface area contributed by atoms with Crippen molar-refractivity contribution in [2.45, 2.75) is 19.8 Å². The molecule has 0 saturated carbocycles. The van der Waals surface area contributed by atoms with Crippen molar-refractivity contribution in [1.82, 2.24) is 4.98 Å². The van der Waals surface area contributed by atoms with Crippen molar-refractivity contribution < 1.29 is 0 Å². The van der Waals surface area contributed by atoms with E-state index in [-0.39, 0.29) is 0 Å². The summed E-state index contributed by atoms with van der Waals surface area (Å²) >= 11 is 0. The molecular weight excluding hydrogens is 162 g/mol. The molecule has 70 valence electrons. The lowest BCUT2D eigenvalue weighted by Gasteiger charge is -2.20. The first-order valence-corrected chi connectivity index (χ1v) is 4.75. The summed E-state index contributed by atoms with van der Waals surface area (Å²) in [5.74, 6) is 1.53. The Morgan fingerprint density at radius 2 is 2.08 bits per heavy atom. The average molecular weight is 177 g/mol. The standard InChI is InChI=1S/C10H15N3/c1-7(2)8-5-9-10(13-6-8)12-4-3-11-9/h5-7,11H,3-4H2,1-2H3,(H,12,13). The molecule has 0 unspecified atom stereocenters. The summed E-state index contributed by atoms with van der Waals surface area (Å²) in [6.45, 7) is 6.30. The average Bonchev–Trinajstić information content (AvgIpc) is 2.17. The Bertz CT molecular complexity index is 307. The second-order valence-electron chi connectivity index (χ2n) is 3.67. The quantitative estimate of drug-likeness (QED) is 0.689. The molecule has 0 amide bonds. The molecular formula is C10H15N3. The van der Waals surface area contributed by atoms with Crippen LogP contribution in [0, 0.1) is 0 Å². The van der Waals surface area contributed by atoms with Gasteiger partial charge in [0.15, 0.2) is 0 Å². The number of fused-ring (bicyclic) bond motifs is 1. The fraction of sp³-hybridized carbons (Fsp3) is 0.500. The molecule has 0 bridgehead atoms. The molecule has 1 aromatic rings. The fourth-order valence-electron chi connectivity index (χ4n) is 1.45. The maximum absolute atomic E-state index is 4.37. The van der Waals surface area contributed by atoms with Crippen LogP contribution in [0.15, 0.2) is 12.3 Å². The summed E-state index contributed by atoms with van der Waals surface area (Å²) in [7, 11) is 0. The van der Waals surface area contributed by atoms with E-state index in [0.717, 1.165) is 24.6 Å². The SMILES string of the molecule is CC(C)c1cnc2c(c1)NCCN2. The maximum atomic E-state index is 4.37. The number of anilines is 2. The van der Waals surface area contributed by atoms with Crippen molar-refractivity contribution in [2.24, 2.45) is 0 Å². The Morgan fingerprint density at radius 1 is 1.31 bits per heavy atom. The molecule has 1 aliphatic heterocycles. The van der Waals surface area contributed by atoms with Crippen molar-refractivity contribution in [3.8, 4) is 0 Å². The molecule has 2 rings (SSSR count). The van der Waals surface area contributed by atoms with Gasteiger partial charge in [0.1, 0.15) is 5.82 Å².